The van der Waals surface area contributed by atoms with E-state index in [4.69, 9.17) is 15.7 Å². The number of nitrogen functional groups attached to an aromatic ring is 1. The van der Waals surface area contributed by atoms with Crippen LogP contribution in [0.1, 0.15) is 12.5 Å². The van der Waals surface area contributed by atoms with Gasteiger partial charge in [-0.2, -0.15) is 5.26 Å². The second kappa shape index (κ2) is 6.15. The van der Waals surface area contributed by atoms with E-state index in [2.05, 4.69) is 11.0 Å². The summed E-state index contributed by atoms with van der Waals surface area (Å²) in [6.45, 7) is 4.81. The van der Waals surface area contributed by atoms with Crippen molar-refractivity contribution in [1.29, 1.82) is 5.26 Å². The van der Waals surface area contributed by atoms with E-state index in [0.717, 1.165) is 5.69 Å². The number of carbonyl (C=O) groups is 1. The van der Waals surface area contributed by atoms with Gasteiger partial charge in [-0.05, 0) is 25.1 Å². The number of hydrogen-bond acceptors (Lipinski definition) is 5. The van der Waals surface area contributed by atoms with Crippen molar-refractivity contribution < 1.29 is 9.53 Å². The SMILES string of the molecule is CCOC(=O)N1CCN(c2ccc(C#N)cc2N)CC1. The van der Waals surface area contributed by atoms with E-state index in [1.807, 2.05) is 6.07 Å². The van der Waals surface area contributed by atoms with E-state index < -0.39 is 0 Å². The molecule has 0 atom stereocenters. The number of nitriles is 1. The van der Waals surface area contributed by atoms with Gasteiger partial charge in [-0.15, -0.1) is 0 Å². The second-order valence-corrected chi connectivity index (χ2v) is 4.56. The molecule has 0 unspecified atom stereocenters. The van der Waals surface area contributed by atoms with Crippen molar-refractivity contribution in [3.8, 4) is 6.07 Å². The van der Waals surface area contributed by atoms with Gasteiger partial charge in [0, 0.05) is 26.2 Å². The highest BCUT2D eigenvalue weighted by Crippen LogP contribution is 2.25. The average Bonchev–Trinajstić information content (AvgIpc) is 2.47. The molecule has 0 aliphatic carbocycles. The average molecular weight is 274 g/mol. The van der Waals surface area contributed by atoms with E-state index in [1.165, 1.54) is 0 Å². The number of ether oxygens (including phenoxy) is 1. The minimum absolute atomic E-state index is 0.264. The summed E-state index contributed by atoms with van der Waals surface area (Å²) in [5, 5.41) is 8.83. The lowest BCUT2D eigenvalue weighted by Gasteiger charge is -2.36. The molecule has 1 saturated heterocycles. The highest BCUT2D eigenvalue weighted by Gasteiger charge is 2.22. The fourth-order valence-corrected chi connectivity index (χ4v) is 2.26. The maximum Gasteiger partial charge on any atom is 0.409 e. The summed E-state index contributed by atoms with van der Waals surface area (Å²) in [7, 11) is 0. The Labute approximate surface area is 118 Å². The van der Waals surface area contributed by atoms with Gasteiger partial charge in [0.1, 0.15) is 0 Å². The van der Waals surface area contributed by atoms with Crippen LogP contribution < -0.4 is 10.6 Å². The highest BCUT2D eigenvalue weighted by atomic mass is 16.6. The second-order valence-electron chi connectivity index (χ2n) is 4.56. The van der Waals surface area contributed by atoms with Crippen LogP contribution in [0.3, 0.4) is 0 Å². The van der Waals surface area contributed by atoms with Gasteiger partial charge < -0.3 is 20.3 Å². The van der Waals surface area contributed by atoms with Crippen LogP contribution in [0.2, 0.25) is 0 Å². The first-order chi connectivity index (χ1) is 9.65. The van der Waals surface area contributed by atoms with Crippen molar-refractivity contribution in [3.05, 3.63) is 23.8 Å². The number of amides is 1. The Morgan fingerprint density at radius 3 is 2.65 bits per heavy atom. The van der Waals surface area contributed by atoms with Gasteiger partial charge in [-0.1, -0.05) is 0 Å². The zero-order chi connectivity index (χ0) is 14.5. The Bertz CT molecular complexity index is 530. The molecule has 1 aliphatic heterocycles. The van der Waals surface area contributed by atoms with Gasteiger partial charge in [0.2, 0.25) is 0 Å². The number of rotatable bonds is 2. The molecule has 1 amide bonds. The summed E-state index contributed by atoms with van der Waals surface area (Å²) in [6.07, 6.45) is -0.264. The normalized spacial score (nSPS) is 14.8. The van der Waals surface area contributed by atoms with Gasteiger partial charge in [-0.25, -0.2) is 4.79 Å². The summed E-state index contributed by atoms with van der Waals surface area (Å²) < 4.78 is 4.98. The molecule has 6 nitrogen and oxygen atoms in total. The van der Waals surface area contributed by atoms with Crippen molar-refractivity contribution in [2.45, 2.75) is 6.92 Å². The fraction of sp³-hybridized carbons (Fsp3) is 0.429. The molecule has 0 bridgehead atoms. The third-order valence-corrected chi connectivity index (χ3v) is 3.30. The Balaban J connectivity index is 2.01. The van der Waals surface area contributed by atoms with Gasteiger partial charge >= 0.3 is 6.09 Å². The molecule has 1 heterocycles. The number of nitrogens with zero attached hydrogens (tertiary/aromatic N) is 3. The molecule has 20 heavy (non-hydrogen) atoms. The topological polar surface area (TPSA) is 82.6 Å². The standard InChI is InChI=1S/C14H18N4O2/c1-2-20-14(19)18-7-5-17(6-8-18)13-4-3-11(10-15)9-12(13)16/h3-4,9H,2,5-8,16H2,1H3. The van der Waals surface area contributed by atoms with Gasteiger partial charge in [0.15, 0.2) is 0 Å². The summed E-state index contributed by atoms with van der Waals surface area (Å²) in [5.74, 6) is 0. The molecule has 0 saturated carbocycles. The van der Waals surface area contributed by atoms with Crippen LogP contribution in [0.4, 0.5) is 16.2 Å². The van der Waals surface area contributed by atoms with Crippen LogP contribution in [-0.2, 0) is 4.74 Å². The monoisotopic (exact) mass is 274 g/mol. The first-order valence-corrected chi connectivity index (χ1v) is 6.62. The van der Waals surface area contributed by atoms with Crippen LogP contribution in [0.15, 0.2) is 18.2 Å². The van der Waals surface area contributed by atoms with Crippen LogP contribution in [0, 0.1) is 11.3 Å². The number of benzene rings is 1. The molecule has 6 heteroatoms. The van der Waals surface area contributed by atoms with E-state index >= 15 is 0 Å². The molecule has 1 fully saturated rings. The Kier molecular flexibility index (Phi) is 4.31. The molecule has 106 valence electrons. The minimum atomic E-state index is -0.264. The van der Waals surface area contributed by atoms with Gasteiger partial charge in [0.05, 0.1) is 29.6 Å². The Morgan fingerprint density at radius 2 is 2.10 bits per heavy atom. The van der Waals surface area contributed by atoms with Crippen LogP contribution >= 0.6 is 0 Å². The predicted molar refractivity (Wildman–Crippen MR) is 76.4 cm³/mol. The van der Waals surface area contributed by atoms with Crippen molar-refractivity contribution in [2.24, 2.45) is 0 Å². The van der Waals surface area contributed by atoms with Crippen molar-refractivity contribution >= 4 is 17.5 Å². The summed E-state index contributed by atoms with van der Waals surface area (Å²) >= 11 is 0. The summed E-state index contributed by atoms with van der Waals surface area (Å²) in [4.78, 5) is 15.4. The Hall–Kier alpha value is -2.42. The van der Waals surface area contributed by atoms with E-state index in [9.17, 15) is 4.79 Å². The molecule has 0 radical (unpaired) electrons. The van der Waals surface area contributed by atoms with E-state index in [0.29, 0.717) is 44.0 Å². The molecule has 1 aromatic carbocycles. The summed E-state index contributed by atoms with van der Waals surface area (Å²) in [5.41, 5.74) is 8.03. The molecule has 1 aliphatic rings. The zero-order valence-corrected chi connectivity index (χ0v) is 11.5. The van der Waals surface area contributed by atoms with Crippen molar-refractivity contribution in [2.75, 3.05) is 43.4 Å². The lowest BCUT2D eigenvalue weighted by molar-refractivity contribution is 0.105. The zero-order valence-electron chi connectivity index (χ0n) is 11.5. The highest BCUT2D eigenvalue weighted by molar-refractivity contribution is 5.71. The molecular formula is C14H18N4O2. The van der Waals surface area contributed by atoms with Crippen LogP contribution in [0.5, 0.6) is 0 Å². The lowest BCUT2D eigenvalue weighted by Crippen LogP contribution is -2.49. The summed E-state index contributed by atoms with van der Waals surface area (Å²) in [6, 6.07) is 7.35. The molecule has 2 N–H and O–H groups in total. The van der Waals surface area contributed by atoms with Crippen molar-refractivity contribution in [1.82, 2.24) is 4.90 Å². The third-order valence-electron chi connectivity index (χ3n) is 3.30. The minimum Gasteiger partial charge on any atom is -0.450 e. The number of carbonyl (C=O) groups excluding carboxylic acids is 1. The van der Waals surface area contributed by atoms with E-state index in [1.54, 1.807) is 24.0 Å². The number of piperazine rings is 1. The molecule has 0 aromatic heterocycles. The fourth-order valence-electron chi connectivity index (χ4n) is 2.26. The third kappa shape index (κ3) is 2.94. The van der Waals surface area contributed by atoms with Crippen LogP contribution in [0.25, 0.3) is 0 Å². The first-order valence-electron chi connectivity index (χ1n) is 6.62. The maximum absolute atomic E-state index is 11.6. The molecule has 0 spiro atoms. The Morgan fingerprint density at radius 1 is 1.40 bits per heavy atom. The number of hydrogen-bond donors (Lipinski definition) is 1. The quantitative estimate of drug-likeness (QED) is 0.825. The van der Waals surface area contributed by atoms with Crippen molar-refractivity contribution in [3.63, 3.8) is 0 Å². The predicted octanol–water partition coefficient (Wildman–Crippen LogP) is 1.42. The smallest absolute Gasteiger partial charge is 0.409 e. The largest absolute Gasteiger partial charge is 0.450 e. The molecule has 1 aromatic rings. The number of nitrogens with two attached hydrogens (primary N) is 1. The van der Waals surface area contributed by atoms with Gasteiger partial charge in [-0.3, -0.25) is 0 Å². The number of anilines is 2. The van der Waals surface area contributed by atoms with Crippen LogP contribution in [-0.4, -0.2) is 43.8 Å². The molecular weight excluding hydrogens is 256 g/mol. The molecule has 2 rings (SSSR count). The first kappa shape index (κ1) is 14.0. The lowest BCUT2D eigenvalue weighted by atomic mass is 10.1. The van der Waals surface area contributed by atoms with E-state index in [-0.39, 0.29) is 6.09 Å². The van der Waals surface area contributed by atoms with Gasteiger partial charge in [0.25, 0.3) is 0 Å². The maximum atomic E-state index is 11.6.